The summed E-state index contributed by atoms with van der Waals surface area (Å²) in [5.41, 5.74) is 3.82. The molecule has 1 aliphatic carbocycles. The summed E-state index contributed by atoms with van der Waals surface area (Å²) in [5, 5.41) is 2.25. The SMILES string of the molecule is CC(C)(C)OC[C@H](NC(=O)OCC1c2ccccc2-c2ccccc21)C(=O)F. The number of benzene rings is 2. The van der Waals surface area contributed by atoms with Gasteiger partial charge in [-0.15, -0.1) is 0 Å². The molecule has 0 saturated carbocycles. The summed E-state index contributed by atoms with van der Waals surface area (Å²) in [5.74, 6) is -0.108. The maximum atomic E-state index is 13.2. The average Bonchev–Trinajstić information content (AvgIpc) is 2.96. The van der Waals surface area contributed by atoms with Crippen LogP contribution in [-0.4, -0.2) is 37.0 Å². The molecule has 0 fully saturated rings. The van der Waals surface area contributed by atoms with Gasteiger partial charge in [0.05, 0.1) is 12.2 Å². The Morgan fingerprint density at radius 3 is 2.07 bits per heavy atom. The van der Waals surface area contributed by atoms with Crippen LogP contribution in [0.5, 0.6) is 0 Å². The second-order valence-electron chi connectivity index (χ2n) is 7.75. The molecule has 3 rings (SSSR count). The summed E-state index contributed by atoms with van der Waals surface area (Å²) in [6, 6.07) is 12.9. The molecule has 1 atom stereocenters. The molecule has 0 radical (unpaired) electrons. The highest BCUT2D eigenvalue weighted by Crippen LogP contribution is 2.44. The number of carbonyl (C=O) groups excluding carboxylic acids is 2. The number of amides is 1. The first-order valence-electron chi connectivity index (χ1n) is 9.21. The number of alkyl carbamates (subject to hydrolysis) is 1. The van der Waals surface area contributed by atoms with E-state index in [9.17, 15) is 14.0 Å². The van der Waals surface area contributed by atoms with Crippen molar-refractivity contribution in [3.05, 3.63) is 59.7 Å². The van der Waals surface area contributed by atoms with Crippen molar-refractivity contribution in [1.29, 1.82) is 0 Å². The van der Waals surface area contributed by atoms with E-state index in [1.807, 2.05) is 48.5 Å². The lowest BCUT2D eigenvalue weighted by Crippen LogP contribution is -2.44. The highest BCUT2D eigenvalue weighted by molar-refractivity contribution is 5.81. The van der Waals surface area contributed by atoms with Crippen LogP contribution in [0.1, 0.15) is 37.8 Å². The highest BCUT2D eigenvalue weighted by Gasteiger charge is 2.30. The molecule has 0 aliphatic heterocycles. The van der Waals surface area contributed by atoms with Gasteiger partial charge in [0.2, 0.25) is 0 Å². The van der Waals surface area contributed by atoms with Crippen LogP contribution in [-0.2, 0) is 14.3 Å². The van der Waals surface area contributed by atoms with E-state index in [0.29, 0.717) is 0 Å². The maximum absolute atomic E-state index is 13.2. The van der Waals surface area contributed by atoms with Gasteiger partial charge in [-0.3, -0.25) is 4.79 Å². The van der Waals surface area contributed by atoms with E-state index in [4.69, 9.17) is 9.47 Å². The molecule has 0 unspecified atom stereocenters. The van der Waals surface area contributed by atoms with E-state index in [1.54, 1.807) is 20.8 Å². The van der Waals surface area contributed by atoms with Crippen molar-refractivity contribution in [2.24, 2.45) is 0 Å². The van der Waals surface area contributed by atoms with Gasteiger partial charge in [-0.1, -0.05) is 48.5 Å². The number of fused-ring (bicyclic) bond motifs is 3. The van der Waals surface area contributed by atoms with Crippen LogP contribution in [0, 0.1) is 0 Å². The minimum Gasteiger partial charge on any atom is -0.449 e. The molecular weight excluding hydrogens is 361 g/mol. The zero-order valence-electron chi connectivity index (χ0n) is 16.2. The molecule has 0 bridgehead atoms. The first-order chi connectivity index (χ1) is 13.3. The normalized spacial score (nSPS) is 14.1. The van der Waals surface area contributed by atoms with Crippen molar-refractivity contribution in [2.45, 2.75) is 38.3 Å². The first kappa shape index (κ1) is 20.0. The Hall–Kier alpha value is -2.73. The van der Waals surface area contributed by atoms with Crippen LogP contribution in [0.3, 0.4) is 0 Å². The minimum atomic E-state index is -1.67. The van der Waals surface area contributed by atoms with Crippen molar-refractivity contribution in [3.63, 3.8) is 0 Å². The minimum absolute atomic E-state index is 0.0905. The van der Waals surface area contributed by atoms with Crippen molar-refractivity contribution >= 4 is 12.1 Å². The van der Waals surface area contributed by atoms with Gasteiger partial charge in [0.1, 0.15) is 12.6 Å². The number of hydrogen-bond donors (Lipinski definition) is 1. The molecule has 5 nitrogen and oxygen atoms in total. The van der Waals surface area contributed by atoms with Crippen molar-refractivity contribution in [1.82, 2.24) is 5.32 Å². The lowest BCUT2D eigenvalue weighted by Gasteiger charge is -2.23. The zero-order chi connectivity index (χ0) is 20.3. The predicted molar refractivity (Wildman–Crippen MR) is 104 cm³/mol. The third kappa shape index (κ3) is 4.57. The van der Waals surface area contributed by atoms with Crippen LogP contribution in [0.4, 0.5) is 9.18 Å². The summed E-state index contributed by atoms with van der Waals surface area (Å²) in [6.45, 7) is 5.16. The van der Waals surface area contributed by atoms with Crippen molar-refractivity contribution < 1.29 is 23.5 Å². The number of halogens is 1. The molecule has 1 amide bonds. The Bertz CT molecular complexity index is 829. The lowest BCUT2D eigenvalue weighted by atomic mass is 9.98. The molecule has 2 aromatic rings. The van der Waals surface area contributed by atoms with E-state index in [1.165, 1.54) is 0 Å². The number of rotatable bonds is 6. The number of carbonyl (C=O) groups is 2. The largest absolute Gasteiger partial charge is 0.449 e. The highest BCUT2D eigenvalue weighted by atomic mass is 19.1. The average molecular weight is 385 g/mol. The van der Waals surface area contributed by atoms with E-state index in [-0.39, 0.29) is 19.1 Å². The van der Waals surface area contributed by atoms with Crippen LogP contribution in [0.2, 0.25) is 0 Å². The molecule has 0 heterocycles. The van der Waals surface area contributed by atoms with Gasteiger partial charge in [0, 0.05) is 5.92 Å². The standard InChI is InChI=1S/C22H24FNO4/c1-22(2,3)28-13-19(20(23)25)24-21(26)27-12-18-16-10-6-4-8-14(16)15-9-5-7-11-17(15)18/h4-11,18-19H,12-13H2,1-3H3,(H,24,26)/t19-/m0/s1. The van der Waals surface area contributed by atoms with E-state index < -0.39 is 23.8 Å². The Morgan fingerprint density at radius 2 is 1.57 bits per heavy atom. The summed E-state index contributed by atoms with van der Waals surface area (Å²) in [7, 11) is 0. The van der Waals surface area contributed by atoms with Crippen molar-refractivity contribution in [2.75, 3.05) is 13.2 Å². The first-order valence-corrected chi connectivity index (χ1v) is 9.21. The maximum Gasteiger partial charge on any atom is 0.407 e. The third-order valence-corrected chi connectivity index (χ3v) is 4.59. The van der Waals surface area contributed by atoms with Gasteiger partial charge < -0.3 is 14.8 Å². The fourth-order valence-corrected chi connectivity index (χ4v) is 3.28. The quantitative estimate of drug-likeness (QED) is 0.757. The smallest absolute Gasteiger partial charge is 0.407 e. The van der Waals surface area contributed by atoms with E-state index in [0.717, 1.165) is 22.3 Å². The Labute approximate surface area is 163 Å². The molecular formula is C22H24FNO4. The molecule has 1 aliphatic rings. The molecule has 1 N–H and O–H groups in total. The van der Waals surface area contributed by atoms with Gasteiger partial charge in [0.25, 0.3) is 0 Å². The van der Waals surface area contributed by atoms with Gasteiger partial charge in [-0.05, 0) is 43.0 Å². The molecule has 148 valence electrons. The molecule has 0 aromatic heterocycles. The van der Waals surface area contributed by atoms with Gasteiger partial charge >= 0.3 is 12.1 Å². The Morgan fingerprint density at radius 1 is 1.04 bits per heavy atom. The van der Waals surface area contributed by atoms with Gasteiger partial charge in [-0.2, -0.15) is 4.39 Å². The Kier molecular flexibility index (Phi) is 5.79. The van der Waals surface area contributed by atoms with Gasteiger partial charge in [-0.25, -0.2) is 4.79 Å². The summed E-state index contributed by atoms with van der Waals surface area (Å²) in [6.07, 6.45) is -0.852. The fraction of sp³-hybridized carbons (Fsp3) is 0.364. The van der Waals surface area contributed by atoms with E-state index >= 15 is 0 Å². The second kappa shape index (κ2) is 8.10. The summed E-state index contributed by atoms with van der Waals surface area (Å²) in [4.78, 5) is 23.3. The Balaban J connectivity index is 1.65. The molecule has 0 saturated heterocycles. The summed E-state index contributed by atoms with van der Waals surface area (Å²) >= 11 is 0. The molecule has 6 heteroatoms. The van der Waals surface area contributed by atoms with E-state index in [2.05, 4.69) is 5.32 Å². The topological polar surface area (TPSA) is 64.6 Å². The number of nitrogens with one attached hydrogen (secondary N) is 1. The van der Waals surface area contributed by atoms with Crippen LogP contribution in [0.15, 0.2) is 48.5 Å². The lowest BCUT2D eigenvalue weighted by molar-refractivity contribution is -0.134. The number of hydrogen-bond acceptors (Lipinski definition) is 4. The zero-order valence-corrected chi connectivity index (χ0v) is 16.2. The van der Waals surface area contributed by atoms with Crippen molar-refractivity contribution in [3.8, 4) is 11.1 Å². The molecule has 28 heavy (non-hydrogen) atoms. The van der Waals surface area contributed by atoms with Crippen LogP contribution in [0.25, 0.3) is 11.1 Å². The second-order valence-corrected chi connectivity index (χ2v) is 7.75. The predicted octanol–water partition coefficient (Wildman–Crippen LogP) is 4.20. The third-order valence-electron chi connectivity index (χ3n) is 4.59. The van der Waals surface area contributed by atoms with Crippen LogP contribution >= 0.6 is 0 Å². The van der Waals surface area contributed by atoms with Gasteiger partial charge in [0.15, 0.2) is 0 Å². The fourth-order valence-electron chi connectivity index (χ4n) is 3.28. The monoisotopic (exact) mass is 385 g/mol. The molecule has 0 spiro atoms. The number of ether oxygens (including phenoxy) is 2. The summed E-state index contributed by atoms with van der Waals surface area (Å²) < 4.78 is 24.0. The van der Waals surface area contributed by atoms with Crippen LogP contribution < -0.4 is 5.32 Å². The molecule has 2 aromatic carbocycles.